The maximum atomic E-state index is 13.9. The fourth-order valence-electron chi connectivity index (χ4n) is 3.86. The van der Waals surface area contributed by atoms with E-state index in [4.69, 9.17) is 9.47 Å². The minimum absolute atomic E-state index is 0.0206. The number of methoxy groups -OCH3 is 1. The molecule has 0 aliphatic rings. The van der Waals surface area contributed by atoms with Gasteiger partial charge in [-0.1, -0.05) is 18.2 Å². The molecule has 0 radical (unpaired) electrons. The largest absolute Gasteiger partial charge is 0.468 e. The first-order valence-corrected chi connectivity index (χ1v) is 11.1. The zero-order chi connectivity index (χ0) is 22.7. The molecule has 4 aromatic rings. The summed E-state index contributed by atoms with van der Waals surface area (Å²) in [6.07, 6.45) is 0. The SMILES string of the molecule is CCOC(=O)c1c(CNCC(=O)OC)c2ccccc2n1Cc1csc2ccc(F)cc12. The quantitative estimate of drug-likeness (QED) is 0.398. The predicted molar refractivity (Wildman–Crippen MR) is 123 cm³/mol. The molecule has 6 nitrogen and oxygen atoms in total. The normalized spacial score (nSPS) is 11.2. The first-order chi connectivity index (χ1) is 15.5. The van der Waals surface area contributed by atoms with Crippen molar-refractivity contribution in [3.05, 3.63) is 70.5 Å². The Morgan fingerprint density at radius 1 is 1.16 bits per heavy atom. The lowest BCUT2D eigenvalue weighted by Gasteiger charge is -2.12. The van der Waals surface area contributed by atoms with Gasteiger partial charge in [-0.2, -0.15) is 0 Å². The van der Waals surface area contributed by atoms with Gasteiger partial charge >= 0.3 is 11.9 Å². The van der Waals surface area contributed by atoms with Gasteiger partial charge in [0.2, 0.25) is 0 Å². The Kier molecular flexibility index (Phi) is 6.53. The van der Waals surface area contributed by atoms with Crippen LogP contribution in [0.1, 0.15) is 28.5 Å². The Labute approximate surface area is 188 Å². The van der Waals surface area contributed by atoms with Crippen molar-refractivity contribution in [1.82, 2.24) is 9.88 Å². The molecule has 0 bridgehead atoms. The van der Waals surface area contributed by atoms with Crippen molar-refractivity contribution in [1.29, 1.82) is 0 Å². The molecule has 0 saturated carbocycles. The number of halogens is 1. The van der Waals surface area contributed by atoms with E-state index in [0.29, 0.717) is 12.2 Å². The lowest BCUT2D eigenvalue weighted by Crippen LogP contribution is -2.25. The lowest BCUT2D eigenvalue weighted by molar-refractivity contribution is -0.139. The number of hydrogen-bond donors (Lipinski definition) is 1. The third-order valence-electron chi connectivity index (χ3n) is 5.29. The number of benzene rings is 2. The molecule has 0 unspecified atom stereocenters. The van der Waals surface area contributed by atoms with Gasteiger partial charge in [-0.05, 0) is 42.1 Å². The van der Waals surface area contributed by atoms with Crippen molar-refractivity contribution < 1.29 is 23.5 Å². The van der Waals surface area contributed by atoms with Gasteiger partial charge in [-0.15, -0.1) is 11.3 Å². The van der Waals surface area contributed by atoms with Crippen LogP contribution < -0.4 is 5.32 Å². The van der Waals surface area contributed by atoms with Crippen LogP contribution in [0.25, 0.3) is 21.0 Å². The Morgan fingerprint density at radius 2 is 1.97 bits per heavy atom. The third-order valence-corrected chi connectivity index (χ3v) is 6.30. The number of carbonyl (C=O) groups excluding carboxylic acids is 2. The average Bonchev–Trinajstić information content (AvgIpc) is 3.33. The summed E-state index contributed by atoms with van der Waals surface area (Å²) >= 11 is 1.54. The smallest absolute Gasteiger partial charge is 0.355 e. The van der Waals surface area contributed by atoms with E-state index in [9.17, 15) is 14.0 Å². The summed E-state index contributed by atoms with van der Waals surface area (Å²) in [5, 5.41) is 6.75. The number of hydrogen-bond acceptors (Lipinski definition) is 6. The number of aromatic nitrogens is 1. The Bertz CT molecular complexity index is 1290. The zero-order valence-electron chi connectivity index (χ0n) is 17.8. The maximum absolute atomic E-state index is 13.9. The maximum Gasteiger partial charge on any atom is 0.355 e. The van der Waals surface area contributed by atoms with Gasteiger partial charge in [-0.3, -0.25) is 4.79 Å². The number of nitrogens with zero attached hydrogens (tertiary/aromatic N) is 1. The van der Waals surface area contributed by atoms with Crippen LogP contribution in [0, 0.1) is 5.82 Å². The molecular formula is C24H23FN2O4S. The van der Waals surface area contributed by atoms with E-state index in [1.54, 1.807) is 13.0 Å². The fraction of sp³-hybridized carbons (Fsp3) is 0.250. The minimum atomic E-state index is -0.440. The van der Waals surface area contributed by atoms with Crippen LogP contribution in [0.5, 0.6) is 0 Å². The van der Waals surface area contributed by atoms with E-state index in [2.05, 4.69) is 5.32 Å². The minimum Gasteiger partial charge on any atom is -0.468 e. The molecule has 0 fully saturated rings. The van der Waals surface area contributed by atoms with Crippen LogP contribution in [0.2, 0.25) is 0 Å². The molecule has 2 aromatic heterocycles. The summed E-state index contributed by atoms with van der Waals surface area (Å²) in [6, 6.07) is 12.4. The van der Waals surface area contributed by atoms with E-state index >= 15 is 0 Å². The van der Waals surface area contributed by atoms with Crippen LogP contribution in [0.4, 0.5) is 4.39 Å². The van der Waals surface area contributed by atoms with Crippen LogP contribution in [-0.2, 0) is 27.4 Å². The van der Waals surface area contributed by atoms with Crippen molar-refractivity contribution in [2.75, 3.05) is 20.3 Å². The molecule has 0 spiro atoms. The summed E-state index contributed by atoms with van der Waals surface area (Å²) in [5.74, 6) is -1.13. The first-order valence-electron chi connectivity index (χ1n) is 10.2. The van der Waals surface area contributed by atoms with Crippen molar-refractivity contribution >= 4 is 44.3 Å². The standard InChI is InChI=1S/C24H23FN2O4S/c1-3-31-24(29)23-19(11-26-12-22(28)30-2)17-6-4-5-7-20(17)27(23)13-15-14-32-21-9-8-16(25)10-18(15)21/h4-10,14,26H,3,11-13H2,1-2H3. The number of thiophene rings is 1. The van der Waals surface area contributed by atoms with Crippen LogP contribution in [0.15, 0.2) is 47.8 Å². The van der Waals surface area contributed by atoms with Crippen LogP contribution >= 0.6 is 11.3 Å². The molecule has 0 saturated heterocycles. The number of esters is 2. The van der Waals surface area contributed by atoms with Crippen molar-refractivity contribution in [3.8, 4) is 0 Å². The topological polar surface area (TPSA) is 69.6 Å². The van der Waals surface area contributed by atoms with Gasteiger partial charge < -0.3 is 19.4 Å². The van der Waals surface area contributed by atoms with Gasteiger partial charge in [-0.25, -0.2) is 9.18 Å². The number of fused-ring (bicyclic) bond motifs is 2. The van der Waals surface area contributed by atoms with Crippen molar-refractivity contribution in [3.63, 3.8) is 0 Å². The van der Waals surface area contributed by atoms with E-state index in [1.165, 1.54) is 30.6 Å². The first kappa shape index (κ1) is 22.0. The second-order valence-corrected chi connectivity index (χ2v) is 8.14. The molecule has 2 heterocycles. The molecule has 0 aliphatic heterocycles. The molecule has 0 aliphatic carbocycles. The zero-order valence-corrected chi connectivity index (χ0v) is 18.6. The van der Waals surface area contributed by atoms with E-state index in [-0.39, 0.29) is 25.5 Å². The highest BCUT2D eigenvalue weighted by molar-refractivity contribution is 7.17. The fourth-order valence-corrected chi connectivity index (χ4v) is 4.79. The highest BCUT2D eigenvalue weighted by Gasteiger charge is 2.24. The van der Waals surface area contributed by atoms with Gasteiger partial charge in [0.05, 0.1) is 20.3 Å². The highest BCUT2D eigenvalue weighted by Crippen LogP contribution is 2.32. The molecule has 0 atom stereocenters. The van der Waals surface area contributed by atoms with Gasteiger partial charge in [0.25, 0.3) is 0 Å². The van der Waals surface area contributed by atoms with E-state index in [0.717, 1.165) is 32.1 Å². The molecule has 1 N–H and O–H groups in total. The Hall–Kier alpha value is -3.23. The van der Waals surface area contributed by atoms with E-state index < -0.39 is 11.9 Å². The number of para-hydroxylation sites is 1. The summed E-state index contributed by atoms with van der Waals surface area (Å²) < 4.78 is 26.9. The van der Waals surface area contributed by atoms with Crippen molar-refractivity contribution in [2.24, 2.45) is 0 Å². The molecule has 0 amide bonds. The monoisotopic (exact) mass is 454 g/mol. The van der Waals surface area contributed by atoms with Crippen LogP contribution in [0.3, 0.4) is 0 Å². The summed E-state index contributed by atoms with van der Waals surface area (Å²) in [5.41, 5.74) is 2.95. The molecule has 2 aromatic carbocycles. The number of ether oxygens (including phenoxy) is 2. The lowest BCUT2D eigenvalue weighted by atomic mass is 10.1. The van der Waals surface area contributed by atoms with Gasteiger partial charge in [0.1, 0.15) is 11.5 Å². The molecular weight excluding hydrogens is 431 g/mol. The summed E-state index contributed by atoms with van der Waals surface area (Å²) in [4.78, 5) is 24.6. The molecule has 32 heavy (non-hydrogen) atoms. The number of nitrogens with one attached hydrogen (secondary N) is 1. The van der Waals surface area contributed by atoms with Gasteiger partial charge in [0.15, 0.2) is 0 Å². The predicted octanol–water partition coefficient (Wildman–Crippen LogP) is 4.48. The highest BCUT2D eigenvalue weighted by atomic mass is 32.1. The Morgan fingerprint density at radius 3 is 2.75 bits per heavy atom. The Balaban J connectivity index is 1.83. The van der Waals surface area contributed by atoms with Crippen LogP contribution in [-0.4, -0.2) is 36.8 Å². The second kappa shape index (κ2) is 9.50. The number of rotatable bonds is 8. The second-order valence-electron chi connectivity index (χ2n) is 7.23. The molecule has 4 rings (SSSR count). The summed E-state index contributed by atoms with van der Waals surface area (Å²) in [7, 11) is 1.33. The van der Waals surface area contributed by atoms with Crippen molar-refractivity contribution in [2.45, 2.75) is 20.0 Å². The third kappa shape index (κ3) is 4.24. The molecule has 166 valence electrons. The van der Waals surface area contributed by atoms with E-state index in [1.807, 2.05) is 34.2 Å². The average molecular weight is 455 g/mol. The summed E-state index contributed by atoms with van der Waals surface area (Å²) in [6.45, 7) is 2.69. The van der Waals surface area contributed by atoms with Gasteiger partial charge in [0, 0.05) is 39.6 Å². The molecule has 8 heteroatoms. The number of carbonyl (C=O) groups is 2.